The number of carbonyl (C=O) groups excluding carboxylic acids is 3. The fraction of sp³-hybridized carbons (Fsp3) is 0.185. The largest absolute Gasteiger partial charge is 0.497 e. The molecule has 1 aliphatic heterocycles. The van der Waals surface area contributed by atoms with Gasteiger partial charge in [-0.05, 0) is 60.7 Å². The summed E-state index contributed by atoms with van der Waals surface area (Å²) in [5, 5.41) is 5.13. The van der Waals surface area contributed by atoms with E-state index in [-0.39, 0.29) is 17.6 Å². The lowest BCUT2D eigenvalue weighted by atomic mass is 10.3. The molecule has 3 aromatic rings. The van der Waals surface area contributed by atoms with Crippen LogP contribution in [0.5, 0.6) is 11.5 Å². The van der Waals surface area contributed by atoms with Gasteiger partial charge in [0.1, 0.15) is 11.5 Å². The van der Waals surface area contributed by atoms with E-state index >= 15 is 0 Å². The van der Waals surface area contributed by atoms with Crippen molar-refractivity contribution in [3.05, 3.63) is 72.8 Å². The van der Waals surface area contributed by atoms with Gasteiger partial charge >= 0.3 is 0 Å². The highest BCUT2D eigenvalue weighted by atomic mass is 32.2. The van der Waals surface area contributed by atoms with Crippen molar-refractivity contribution in [1.82, 2.24) is 4.90 Å². The number of para-hydroxylation sites is 1. The predicted octanol–water partition coefficient (Wildman–Crippen LogP) is 4.63. The number of nitrogens with one attached hydrogen (secondary N) is 2. The van der Waals surface area contributed by atoms with Crippen LogP contribution >= 0.6 is 23.5 Å². The Morgan fingerprint density at radius 2 is 1.58 bits per heavy atom. The number of hydrogen-bond donors (Lipinski definition) is 2. The van der Waals surface area contributed by atoms with Gasteiger partial charge in [0.2, 0.25) is 11.8 Å². The normalized spacial score (nSPS) is 15.9. The van der Waals surface area contributed by atoms with E-state index < -0.39 is 11.2 Å². The molecule has 9 nitrogen and oxygen atoms in total. The van der Waals surface area contributed by atoms with Crippen LogP contribution in [0.1, 0.15) is 0 Å². The van der Waals surface area contributed by atoms with Crippen LogP contribution in [0.2, 0.25) is 0 Å². The number of rotatable bonds is 9. The zero-order valence-electron chi connectivity index (χ0n) is 21.0. The van der Waals surface area contributed by atoms with Gasteiger partial charge in [0.15, 0.2) is 10.4 Å². The number of thioether (sulfide) groups is 2. The molecule has 196 valence electrons. The monoisotopic (exact) mass is 550 g/mol. The van der Waals surface area contributed by atoms with Crippen LogP contribution in [0.4, 0.5) is 17.1 Å². The number of ether oxygens (including phenoxy) is 2. The molecule has 4 rings (SSSR count). The van der Waals surface area contributed by atoms with Crippen LogP contribution in [0.3, 0.4) is 0 Å². The second-order valence-electron chi connectivity index (χ2n) is 8.04. The predicted molar refractivity (Wildman–Crippen MR) is 152 cm³/mol. The number of nitrogens with zero attached hydrogens (tertiary/aromatic N) is 2. The lowest BCUT2D eigenvalue weighted by Crippen LogP contribution is -2.35. The van der Waals surface area contributed by atoms with E-state index in [4.69, 9.17) is 9.47 Å². The van der Waals surface area contributed by atoms with Crippen molar-refractivity contribution in [2.45, 2.75) is 10.1 Å². The number of methoxy groups -OCH3 is 2. The van der Waals surface area contributed by atoms with E-state index in [1.165, 1.54) is 16.7 Å². The minimum atomic E-state index is -0.978. The summed E-state index contributed by atoms with van der Waals surface area (Å²) in [4.78, 5) is 45.0. The molecule has 0 bridgehead atoms. The van der Waals surface area contributed by atoms with E-state index in [2.05, 4.69) is 15.6 Å². The van der Waals surface area contributed by atoms with Gasteiger partial charge in [-0.2, -0.15) is 0 Å². The zero-order chi connectivity index (χ0) is 27.1. The van der Waals surface area contributed by atoms with Gasteiger partial charge in [0, 0.05) is 17.6 Å². The van der Waals surface area contributed by atoms with Gasteiger partial charge in [-0.15, -0.1) is 11.8 Å². The van der Waals surface area contributed by atoms with E-state index in [0.29, 0.717) is 38.6 Å². The Morgan fingerprint density at radius 3 is 2.24 bits per heavy atom. The van der Waals surface area contributed by atoms with Crippen LogP contribution in [0.25, 0.3) is 0 Å². The smallest absolute Gasteiger partial charge is 0.251 e. The Balaban J connectivity index is 1.38. The average molecular weight is 551 g/mol. The molecule has 0 aromatic heterocycles. The maximum atomic E-state index is 13.1. The first-order valence-electron chi connectivity index (χ1n) is 11.5. The topological polar surface area (TPSA) is 109 Å². The highest BCUT2D eigenvalue weighted by molar-refractivity contribution is 8.16. The summed E-state index contributed by atoms with van der Waals surface area (Å²) in [6.07, 6.45) is 0. The quantitative estimate of drug-likeness (QED) is 0.295. The Morgan fingerprint density at radius 1 is 0.947 bits per heavy atom. The van der Waals surface area contributed by atoms with Crippen LogP contribution in [-0.2, 0) is 14.4 Å². The Kier molecular flexibility index (Phi) is 8.93. The molecule has 0 radical (unpaired) electrons. The van der Waals surface area contributed by atoms with E-state index in [9.17, 15) is 14.4 Å². The van der Waals surface area contributed by atoms with Gasteiger partial charge in [0.25, 0.3) is 5.91 Å². The molecule has 11 heteroatoms. The van der Waals surface area contributed by atoms with Gasteiger partial charge in [-0.1, -0.05) is 23.9 Å². The molecule has 1 saturated heterocycles. The first-order valence-corrected chi connectivity index (χ1v) is 13.4. The summed E-state index contributed by atoms with van der Waals surface area (Å²) in [7, 11) is 4.75. The fourth-order valence-corrected chi connectivity index (χ4v) is 5.30. The molecule has 0 aliphatic carbocycles. The molecule has 1 fully saturated rings. The van der Waals surface area contributed by atoms with E-state index in [0.717, 1.165) is 11.8 Å². The summed E-state index contributed by atoms with van der Waals surface area (Å²) < 4.78 is 10.3. The van der Waals surface area contributed by atoms with Crippen molar-refractivity contribution in [3.8, 4) is 11.5 Å². The second kappa shape index (κ2) is 12.5. The maximum absolute atomic E-state index is 13.1. The van der Waals surface area contributed by atoms with Crippen molar-refractivity contribution in [3.63, 3.8) is 0 Å². The molecule has 3 amide bonds. The standard InChI is InChI=1S/C27H26N4O5S2/c1-31-26(34)24(38-27(31)29-18-10-14-20(36-3)15-11-18)25(33)30-21-6-4-5-7-22(21)37-16-23(32)28-17-8-12-19(35-2)13-9-17/h4-15,24H,16H2,1-3H3,(H,28,32)(H,30,33). The minimum Gasteiger partial charge on any atom is -0.497 e. The summed E-state index contributed by atoms with van der Waals surface area (Å²) in [5.41, 5.74) is 1.83. The molecule has 1 aliphatic rings. The summed E-state index contributed by atoms with van der Waals surface area (Å²) >= 11 is 2.38. The zero-order valence-corrected chi connectivity index (χ0v) is 22.6. The highest BCUT2D eigenvalue weighted by Gasteiger charge is 2.40. The van der Waals surface area contributed by atoms with Crippen LogP contribution in [0.15, 0.2) is 82.7 Å². The number of hydrogen-bond acceptors (Lipinski definition) is 8. The molecule has 38 heavy (non-hydrogen) atoms. The number of aliphatic imine (C=N–C) groups is 1. The lowest BCUT2D eigenvalue weighted by Gasteiger charge is -2.13. The first kappa shape index (κ1) is 27.1. The summed E-state index contributed by atoms with van der Waals surface area (Å²) in [6.45, 7) is 0. The minimum absolute atomic E-state index is 0.136. The first-order chi connectivity index (χ1) is 18.4. The average Bonchev–Trinajstić information content (AvgIpc) is 3.22. The van der Waals surface area contributed by atoms with Crippen molar-refractivity contribution in [2.75, 3.05) is 37.7 Å². The SMILES string of the molecule is COc1ccc(N=C2SC(C(=O)Nc3ccccc3SCC(=O)Nc3ccc(OC)cc3)C(=O)N2C)cc1. The highest BCUT2D eigenvalue weighted by Crippen LogP contribution is 2.32. The van der Waals surface area contributed by atoms with Crippen molar-refractivity contribution in [1.29, 1.82) is 0 Å². The maximum Gasteiger partial charge on any atom is 0.251 e. The third-order valence-electron chi connectivity index (χ3n) is 5.48. The van der Waals surface area contributed by atoms with Crippen LogP contribution in [-0.4, -0.2) is 60.1 Å². The molecule has 3 aromatic carbocycles. The molecule has 1 unspecified atom stereocenters. The molecule has 0 spiro atoms. The van der Waals surface area contributed by atoms with E-state index in [1.54, 1.807) is 81.9 Å². The van der Waals surface area contributed by atoms with Crippen molar-refractivity contribution >= 4 is 63.5 Å². The third-order valence-corrected chi connectivity index (χ3v) is 7.78. The Labute approximate surface area is 229 Å². The Bertz CT molecular complexity index is 1350. The summed E-state index contributed by atoms with van der Waals surface area (Å²) in [5.74, 6) is 0.531. The summed E-state index contributed by atoms with van der Waals surface area (Å²) in [6, 6.07) is 21.3. The van der Waals surface area contributed by atoms with Gasteiger partial charge < -0.3 is 20.1 Å². The molecule has 1 atom stereocenters. The number of carbonyl (C=O) groups is 3. The number of benzene rings is 3. The molecule has 0 saturated carbocycles. The lowest BCUT2D eigenvalue weighted by molar-refractivity contribution is -0.129. The fourth-order valence-electron chi connectivity index (χ4n) is 3.45. The number of amidine groups is 1. The number of amides is 3. The molecule has 1 heterocycles. The van der Waals surface area contributed by atoms with Crippen molar-refractivity contribution < 1.29 is 23.9 Å². The van der Waals surface area contributed by atoms with Gasteiger partial charge in [-0.25, -0.2) is 4.99 Å². The van der Waals surface area contributed by atoms with Crippen LogP contribution in [0, 0.1) is 0 Å². The molecular formula is C27H26N4O5S2. The van der Waals surface area contributed by atoms with Gasteiger partial charge in [0.05, 0.1) is 31.3 Å². The molecular weight excluding hydrogens is 524 g/mol. The van der Waals surface area contributed by atoms with Crippen molar-refractivity contribution in [2.24, 2.45) is 4.99 Å². The number of anilines is 2. The van der Waals surface area contributed by atoms with Gasteiger partial charge in [-0.3, -0.25) is 19.3 Å². The Hall–Kier alpha value is -3.96. The second-order valence-corrected chi connectivity index (χ2v) is 10.1. The third kappa shape index (κ3) is 6.67. The van der Waals surface area contributed by atoms with Crippen LogP contribution < -0.4 is 20.1 Å². The van der Waals surface area contributed by atoms with E-state index in [1.807, 2.05) is 12.1 Å². The molecule has 2 N–H and O–H groups in total.